The van der Waals surface area contributed by atoms with Crippen LogP contribution in [0, 0.1) is 0 Å². The maximum Gasteiger partial charge on any atom is 0.471 e. The molecule has 5 nitrogen and oxygen atoms in total. The molecule has 0 spiro atoms. The molecule has 0 N–H and O–H groups in total. The Bertz CT molecular complexity index is 360. The summed E-state index contributed by atoms with van der Waals surface area (Å²) in [4.78, 5) is 0. The molecular weight excluding hydrogens is 180 g/mol. The zero-order chi connectivity index (χ0) is 9.35. The van der Waals surface area contributed by atoms with E-state index in [2.05, 4.69) is 0 Å². The second-order valence-corrected chi connectivity index (χ2v) is 4.16. The van der Waals surface area contributed by atoms with Gasteiger partial charge in [-0.15, -0.1) is 0 Å². The lowest BCUT2D eigenvalue weighted by atomic mass is 10.9. The summed E-state index contributed by atoms with van der Waals surface area (Å²) < 4.78 is 29.4. The van der Waals surface area contributed by atoms with Crippen LogP contribution in [0.1, 0.15) is 0 Å². The molecule has 0 aliphatic carbocycles. The van der Waals surface area contributed by atoms with Crippen LogP contribution in [0.4, 0.5) is 0 Å². The Hall–Kier alpha value is -1.04. The lowest BCUT2D eigenvalue weighted by Crippen LogP contribution is -2.30. The summed E-state index contributed by atoms with van der Waals surface area (Å²) in [5.41, 5.74) is 0. The van der Waals surface area contributed by atoms with Crippen molar-refractivity contribution in [3.63, 3.8) is 0 Å². The zero-order valence-electron chi connectivity index (χ0n) is 7.18. The number of aromatic nitrogens is 2. The minimum Gasteiger partial charge on any atom is -0.308 e. The van der Waals surface area contributed by atoms with Crippen molar-refractivity contribution in [2.24, 2.45) is 14.1 Å². The van der Waals surface area contributed by atoms with Crippen molar-refractivity contribution < 1.29 is 17.2 Å². The fraction of sp³-hybridized carbons (Fsp3) is 0.500. The number of hydrogen-bond donors (Lipinski definition) is 0. The average Bonchev–Trinajstić information content (AvgIpc) is 2.16. The van der Waals surface area contributed by atoms with Crippen LogP contribution >= 0.6 is 0 Å². The molecule has 1 aromatic heterocycles. The standard InChI is InChI=1S/C6H11N2O3S/c1-7-4-5-8(2)6(7)11-12(3,9)10/h4-5H,1-3H3/q+1. The van der Waals surface area contributed by atoms with Crippen LogP contribution in [-0.4, -0.2) is 19.2 Å². The van der Waals surface area contributed by atoms with Crippen LogP contribution in [-0.2, 0) is 24.2 Å². The fourth-order valence-corrected chi connectivity index (χ4v) is 1.34. The maximum atomic E-state index is 10.8. The third kappa shape index (κ3) is 1.97. The first kappa shape index (κ1) is 9.05. The van der Waals surface area contributed by atoms with Crippen molar-refractivity contribution in [1.82, 2.24) is 4.57 Å². The number of rotatable bonds is 2. The van der Waals surface area contributed by atoms with Gasteiger partial charge >= 0.3 is 16.1 Å². The minimum absolute atomic E-state index is 0.289. The van der Waals surface area contributed by atoms with Gasteiger partial charge in [0.25, 0.3) is 0 Å². The number of hydrogen-bond acceptors (Lipinski definition) is 3. The van der Waals surface area contributed by atoms with Crippen molar-refractivity contribution in [1.29, 1.82) is 0 Å². The van der Waals surface area contributed by atoms with E-state index in [0.717, 1.165) is 6.26 Å². The van der Waals surface area contributed by atoms with Gasteiger partial charge < -0.3 is 4.18 Å². The van der Waals surface area contributed by atoms with Gasteiger partial charge in [-0.25, -0.2) is 0 Å². The Morgan fingerprint density at radius 2 is 2.17 bits per heavy atom. The quantitative estimate of drug-likeness (QED) is 0.453. The van der Waals surface area contributed by atoms with E-state index in [4.69, 9.17) is 4.18 Å². The molecule has 0 unspecified atom stereocenters. The topological polar surface area (TPSA) is 52.2 Å². The van der Waals surface area contributed by atoms with E-state index < -0.39 is 10.1 Å². The van der Waals surface area contributed by atoms with Gasteiger partial charge in [-0.1, -0.05) is 0 Å². The van der Waals surface area contributed by atoms with Crippen molar-refractivity contribution in [3.05, 3.63) is 12.4 Å². The third-order valence-corrected chi connectivity index (χ3v) is 1.80. The first-order chi connectivity index (χ1) is 5.40. The SMILES string of the molecule is Cn1cc[n+](C)c1OS(C)(=O)=O. The lowest BCUT2D eigenvalue weighted by molar-refractivity contribution is -0.674. The molecule has 0 saturated heterocycles. The smallest absolute Gasteiger partial charge is 0.308 e. The molecule has 0 aliphatic heterocycles. The minimum atomic E-state index is -3.43. The molecule has 0 amide bonds. The van der Waals surface area contributed by atoms with Gasteiger partial charge in [-0.05, 0) is 0 Å². The first-order valence-electron chi connectivity index (χ1n) is 3.30. The summed E-state index contributed by atoms with van der Waals surface area (Å²) in [6, 6.07) is 0.289. The van der Waals surface area contributed by atoms with E-state index in [1.807, 2.05) is 0 Å². The molecule has 0 atom stereocenters. The highest BCUT2D eigenvalue weighted by molar-refractivity contribution is 7.86. The molecule has 6 heteroatoms. The van der Waals surface area contributed by atoms with Crippen LogP contribution in [0.3, 0.4) is 0 Å². The summed E-state index contributed by atoms with van der Waals surface area (Å²) in [6.07, 6.45) is 4.43. The molecule has 68 valence electrons. The predicted molar refractivity (Wildman–Crippen MR) is 42.1 cm³/mol. The highest BCUT2D eigenvalue weighted by atomic mass is 32.2. The van der Waals surface area contributed by atoms with E-state index in [9.17, 15) is 8.42 Å². The zero-order valence-corrected chi connectivity index (χ0v) is 8.00. The lowest BCUT2D eigenvalue weighted by Gasteiger charge is -1.97. The van der Waals surface area contributed by atoms with Gasteiger partial charge in [0.1, 0.15) is 12.4 Å². The van der Waals surface area contributed by atoms with E-state index >= 15 is 0 Å². The monoisotopic (exact) mass is 191 g/mol. The van der Waals surface area contributed by atoms with Crippen molar-refractivity contribution in [3.8, 4) is 6.01 Å². The number of imidazole rings is 1. The molecule has 0 bridgehead atoms. The highest BCUT2D eigenvalue weighted by Crippen LogP contribution is 2.03. The highest BCUT2D eigenvalue weighted by Gasteiger charge is 2.17. The van der Waals surface area contributed by atoms with E-state index in [0.29, 0.717) is 0 Å². The van der Waals surface area contributed by atoms with Crippen LogP contribution in [0.25, 0.3) is 0 Å². The van der Waals surface area contributed by atoms with Gasteiger partial charge in [0, 0.05) is 0 Å². The molecule has 1 rings (SSSR count). The van der Waals surface area contributed by atoms with E-state index in [1.165, 1.54) is 0 Å². The Labute approximate surface area is 71.3 Å². The Kier molecular flexibility index (Phi) is 2.10. The molecule has 0 saturated carbocycles. The normalized spacial score (nSPS) is 11.6. The molecule has 12 heavy (non-hydrogen) atoms. The molecular formula is C6H11N2O3S+. The van der Waals surface area contributed by atoms with Crippen LogP contribution < -0.4 is 8.75 Å². The van der Waals surface area contributed by atoms with Crippen molar-refractivity contribution in [2.45, 2.75) is 0 Å². The summed E-state index contributed by atoms with van der Waals surface area (Å²) in [7, 11) is -0.0161. The fourth-order valence-electron chi connectivity index (χ4n) is 0.829. The molecule has 0 aromatic carbocycles. The largest absolute Gasteiger partial charge is 0.471 e. The maximum absolute atomic E-state index is 10.8. The number of nitrogens with zero attached hydrogens (tertiary/aromatic N) is 2. The third-order valence-electron chi connectivity index (χ3n) is 1.34. The van der Waals surface area contributed by atoms with Gasteiger partial charge in [0.2, 0.25) is 0 Å². The van der Waals surface area contributed by atoms with Crippen LogP contribution in [0.2, 0.25) is 0 Å². The van der Waals surface area contributed by atoms with Gasteiger partial charge in [-0.2, -0.15) is 17.6 Å². The van der Waals surface area contributed by atoms with Crippen LogP contribution in [0.5, 0.6) is 6.01 Å². The molecule has 0 radical (unpaired) electrons. The summed E-state index contributed by atoms with van der Waals surface area (Å²) in [6.45, 7) is 0. The Morgan fingerprint density at radius 3 is 2.50 bits per heavy atom. The van der Waals surface area contributed by atoms with Crippen molar-refractivity contribution in [2.75, 3.05) is 6.26 Å². The van der Waals surface area contributed by atoms with Gasteiger partial charge in [0.05, 0.1) is 20.4 Å². The number of aryl methyl sites for hydroxylation is 2. The summed E-state index contributed by atoms with van der Waals surface area (Å²) in [5.74, 6) is 0. The Morgan fingerprint density at radius 1 is 1.58 bits per heavy atom. The Balaban J connectivity index is 3.04. The second kappa shape index (κ2) is 2.78. The molecule has 1 aromatic rings. The summed E-state index contributed by atoms with van der Waals surface area (Å²) in [5, 5.41) is 0. The molecule has 0 aliphatic rings. The molecule has 1 heterocycles. The summed E-state index contributed by atoms with van der Waals surface area (Å²) >= 11 is 0. The van der Waals surface area contributed by atoms with Crippen LogP contribution in [0.15, 0.2) is 12.4 Å². The van der Waals surface area contributed by atoms with Gasteiger partial charge in [0.15, 0.2) is 0 Å². The van der Waals surface area contributed by atoms with E-state index in [1.54, 1.807) is 35.6 Å². The van der Waals surface area contributed by atoms with Gasteiger partial charge in [-0.3, -0.25) is 0 Å². The molecule has 0 fully saturated rings. The van der Waals surface area contributed by atoms with E-state index in [-0.39, 0.29) is 6.01 Å². The predicted octanol–water partition coefficient (Wildman–Crippen LogP) is -0.812. The van der Waals surface area contributed by atoms with Crippen molar-refractivity contribution >= 4 is 10.1 Å². The second-order valence-electron chi connectivity index (χ2n) is 2.59. The average molecular weight is 191 g/mol. The first-order valence-corrected chi connectivity index (χ1v) is 5.12.